The number of rotatable bonds is 5. The zero-order chi connectivity index (χ0) is 7.11. The second-order valence-corrected chi connectivity index (χ2v) is 3.35. The van der Waals surface area contributed by atoms with Gasteiger partial charge in [-0.15, -0.1) is 0 Å². The standard InChI is InChI=1S/C6H12ClNS/c1-6(7)5-9-4-2-3-8/h1-5,8H2. The first-order valence-electron chi connectivity index (χ1n) is 2.88. The van der Waals surface area contributed by atoms with Crippen LogP contribution < -0.4 is 5.73 Å². The van der Waals surface area contributed by atoms with Gasteiger partial charge < -0.3 is 5.73 Å². The van der Waals surface area contributed by atoms with E-state index in [1.807, 2.05) is 0 Å². The Kier molecular flexibility index (Phi) is 6.70. The van der Waals surface area contributed by atoms with Gasteiger partial charge in [0.05, 0.1) is 0 Å². The van der Waals surface area contributed by atoms with E-state index < -0.39 is 0 Å². The van der Waals surface area contributed by atoms with Crippen LogP contribution in [-0.4, -0.2) is 18.1 Å². The van der Waals surface area contributed by atoms with Crippen LogP contribution >= 0.6 is 23.4 Å². The summed E-state index contributed by atoms with van der Waals surface area (Å²) in [5, 5.41) is 0.719. The van der Waals surface area contributed by atoms with E-state index >= 15 is 0 Å². The number of nitrogens with two attached hydrogens (primary N) is 1. The second kappa shape index (κ2) is 6.46. The molecule has 54 valence electrons. The van der Waals surface area contributed by atoms with Gasteiger partial charge in [0.1, 0.15) is 0 Å². The molecule has 0 aliphatic rings. The summed E-state index contributed by atoms with van der Waals surface area (Å²) in [6, 6.07) is 0. The fraction of sp³-hybridized carbons (Fsp3) is 0.667. The summed E-state index contributed by atoms with van der Waals surface area (Å²) in [4.78, 5) is 0. The second-order valence-electron chi connectivity index (χ2n) is 1.71. The van der Waals surface area contributed by atoms with Gasteiger partial charge in [0.2, 0.25) is 0 Å². The predicted octanol–water partition coefficient (Wildman–Crippen LogP) is 1.82. The lowest BCUT2D eigenvalue weighted by Gasteiger charge is -1.95. The largest absolute Gasteiger partial charge is 0.330 e. The Morgan fingerprint density at radius 3 is 2.78 bits per heavy atom. The highest BCUT2D eigenvalue weighted by molar-refractivity contribution is 7.99. The fourth-order valence-corrected chi connectivity index (χ4v) is 1.34. The summed E-state index contributed by atoms with van der Waals surface area (Å²) < 4.78 is 0. The molecular formula is C6H12ClNS. The molecule has 0 saturated carbocycles. The molecule has 0 aromatic heterocycles. The Balaban J connectivity index is 2.83. The maximum atomic E-state index is 5.51. The first-order chi connectivity index (χ1) is 4.27. The monoisotopic (exact) mass is 165 g/mol. The van der Waals surface area contributed by atoms with Crippen molar-refractivity contribution in [2.75, 3.05) is 18.1 Å². The molecule has 0 fully saturated rings. The lowest BCUT2D eigenvalue weighted by atomic mass is 10.5. The molecule has 9 heavy (non-hydrogen) atoms. The fourth-order valence-electron chi connectivity index (χ4n) is 0.368. The molecule has 0 rings (SSSR count). The van der Waals surface area contributed by atoms with Gasteiger partial charge >= 0.3 is 0 Å². The van der Waals surface area contributed by atoms with Crippen LogP contribution in [0.2, 0.25) is 0 Å². The summed E-state index contributed by atoms with van der Waals surface area (Å²) >= 11 is 7.28. The van der Waals surface area contributed by atoms with E-state index in [0.29, 0.717) is 0 Å². The molecule has 1 nitrogen and oxygen atoms in total. The van der Waals surface area contributed by atoms with Crippen LogP contribution in [0.15, 0.2) is 11.6 Å². The van der Waals surface area contributed by atoms with E-state index in [4.69, 9.17) is 17.3 Å². The molecule has 0 bridgehead atoms. The SMILES string of the molecule is C=C(Cl)CSCCCN. The van der Waals surface area contributed by atoms with E-state index in [-0.39, 0.29) is 0 Å². The Labute approximate surface area is 65.6 Å². The Morgan fingerprint density at radius 1 is 1.67 bits per heavy atom. The average molecular weight is 166 g/mol. The van der Waals surface area contributed by atoms with Crippen molar-refractivity contribution in [2.24, 2.45) is 5.73 Å². The lowest BCUT2D eigenvalue weighted by Crippen LogP contribution is -1.99. The first kappa shape index (κ1) is 9.34. The molecule has 0 radical (unpaired) electrons. The molecule has 0 aliphatic heterocycles. The minimum absolute atomic E-state index is 0.719. The average Bonchev–Trinajstić information content (AvgIpc) is 1.80. The van der Waals surface area contributed by atoms with Crippen LogP contribution in [-0.2, 0) is 0 Å². The molecule has 0 aromatic rings. The van der Waals surface area contributed by atoms with Gasteiger partial charge in [0.15, 0.2) is 0 Å². The zero-order valence-corrected chi connectivity index (χ0v) is 6.97. The summed E-state index contributed by atoms with van der Waals surface area (Å²) in [6.07, 6.45) is 1.06. The van der Waals surface area contributed by atoms with Crippen molar-refractivity contribution in [2.45, 2.75) is 6.42 Å². The topological polar surface area (TPSA) is 26.0 Å². The van der Waals surface area contributed by atoms with Crippen molar-refractivity contribution in [3.05, 3.63) is 11.6 Å². The molecule has 0 unspecified atom stereocenters. The van der Waals surface area contributed by atoms with Gasteiger partial charge in [-0.1, -0.05) is 18.2 Å². The summed E-state index contributed by atoms with van der Waals surface area (Å²) in [5.74, 6) is 1.93. The highest BCUT2D eigenvalue weighted by atomic mass is 35.5. The Bertz CT molecular complexity index is 85.1. The van der Waals surface area contributed by atoms with Gasteiger partial charge in [-0.2, -0.15) is 11.8 Å². The van der Waals surface area contributed by atoms with E-state index in [0.717, 1.165) is 29.5 Å². The number of hydrogen-bond donors (Lipinski definition) is 1. The Morgan fingerprint density at radius 2 is 2.33 bits per heavy atom. The van der Waals surface area contributed by atoms with Crippen LogP contribution in [0, 0.1) is 0 Å². The van der Waals surface area contributed by atoms with Crippen molar-refractivity contribution in [1.82, 2.24) is 0 Å². The third kappa shape index (κ3) is 8.34. The van der Waals surface area contributed by atoms with Crippen molar-refractivity contribution in [3.63, 3.8) is 0 Å². The zero-order valence-electron chi connectivity index (χ0n) is 5.40. The first-order valence-corrected chi connectivity index (χ1v) is 4.41. The maximum absolute atomic E-state index is 5.51. The van der Waals surface area contributed by atoms with Crippen molar-refractivity contribution in [3.8, 4) is 0 Å². The van der Waals surface area contributed by atoms with Crippen LogP contribution in [0.5, 0.6) is 0 Å². The van der Waals surface area contributed by atoms with Gasteiger partial charge in [0, 0.05) is 10.8 Å². The molecule has 0 amide bonds. The molecule has 0 saturated heterocycles. The van der Waals surface area contributed by atoms with Gasteiger partial charge in [-0.25, -0.2) is 0 Å². The van der Waals surface area contributed by atoms with Gasteiger partial charge in [-0.05, 0) is 18.7 Å². The van der Waals surface area contributed by atoms with Crippen LogP contribution in [0.25, 0.3) is 0 Å². The van der Waals surface area contributed by atoms with E-state index in [2.05, 4.69) is 6.58 Å². The quantitative estimate of drug-likeness (QED) is 0.629. The van der Waals surface area contributed by atoms with Gasteiger partial charge in [0.25, 0.3) is 0 Å². The van der Waals surface area contributed by atoms with Crippen molar-refractivity contribution >= 4 is 23.4 Å². The molecule has 0 aromatic carbocycles. The third-order valence-corrected chi connectivity index (χ3v) is 2.17. The molecule has 3 heteroatoms. The molecule has 2 N–H and O–H groups in total. The molecule has 0 spiro atoms. The molecule has 0 atom stereocenters. The predicted molar refractivity (Wildman–Crippen MR) is 46.0 cm³/mol. The summed E-state index contributed by atoms with van der Waals surface area (Å²) in [7, 11) is 0. The summed E-state index contributed by atoms with van der Waals surface area (Å²) in [6.45, 7) is 4.33. The molecule has 0 heterocycles. The van der Waals surface area contributed by atoms with Crippen LogP contribution in [0.4, 0.5) is 0 Å². The van der Waals surface area contributed by atoms with Crippen LogP contribution in [0.1, 0.15) is 6.42 Å². The van der Waals surface area contributed by atoms with Crippen molar-refractivity contribution < 1.29 is 0 Å². The number of thioether (sulfide) groups is 1. The van der Waals surface area contributed by atoms with Crippen LogP contribution in [0.3, 0.4) is 0 Å². The molecular weight excluding hydrogens is 154 g/mol. The van der Waals surface area contributed by atoms with Gasteiger partial charge in [-0.3, -0.25) is 0 Å². The number of halogens is 1. The van der Waals surface area contributed by atoms with E-state index in [9.17, 15) is 0 Å². The van der Waals surface area contributed by atoms with E-state index in [1.54, 1.807) is 11.8 Å². The third-order valence-electron chi connectivity index (χ3n) is 0.751. The Hall–Kier alpha value is 0.340. The normalized spacial score (nSPS) is 9.56. The van der Waals surface area contributed by atoms with E-state index in [1.165, 1.54) is 0 Å². The maximum Gasteiger partial charge on any atom is 0.0286 e. The minimum Gasteiger partial charge on any atom is -0.330 e. The van der Waals surface area contributed by atoms with Crippen molar-refractivity contribution in [1.29, 1.82) is 0 Å². The number of hydrogen-bond acceptors (Lipinski definition) is 2. The minimum atomic E-state index is 0.719. The molecule has 0 aliphatic carbocycles. The smallest absolute Gasteiger partial charge is 0.0286 e. The highest BCUT2D eigenvalue weighted by Gasteiger charge is 1.88. The summed E-state index contributed by atoms with van der Waals surface area (Å²) in [5.41, 5.74) is 5.28. The highest BCUT2D eigenvalue weighted by Crippen LogP contribution is 2.09. The lowest BCUT2D eigenvalue weighted by molar-refractivity contribution is 0.944.